The molecule has 0 fully saturated rings. The predicted molar refractivity (Wildman–Crippen MR) is 77.1 cm³/mol. The van der Waals surface area contributed by atoms with Crippen LogP contribution in [0.3, 0.4) is 0 Å². The van der Waals surface area contributed by atoms with Crippen molar-refractivity contribution in [2.24, 2.45) is 0 Å². The monoisotopic (exact) mass is 264 g/mol. The molecule has 1 aromatic rings. The Morgan fingerprint density at radius 1 is 1.44 bits per heavy atom. The highest BCUT2D eigenvalue weighted by Crippen LogP contribution is 2.16. The lowest BCUT2D eigenvalue weighted by molar-refractivity contribution is 0.0961. The molecular weight excluding hydrogens is 244 g/mol. The molecule has 0 atom stereocenters. The van der Waals surface area contributed by atoms with E-state index in [9.17, 15) is 4.79 Å². The number of rotatable bonds is 5. The molecule has 0 saturated carbocycles. The lowest BCUT2D eigenvalue weighted by Gasteiger charge is -2.00. The van der Waals surface area contributed by atoms with E-state index in [1.165, 1.54) is 16.9 Å². The molecule has 3 nitrogen and oxygen atoms in total. The van der Waals surface area contributed by atoms with Gasteiger partial charge in [0.1, 0.15) is 4.88 Å². The quantitative estimate of drug-likeness (QED) is 0.828. The van der Waals surface area contributed by atoms with Crippen molar-refractivity contribution in [1.29, 1.82) is 0 Å². The van der Waals surface area contributed by atoms with E-state index in [2.05, 4.69) is 23.3 Å². The van der Waals surface area contributed by atoms with Crippen LogP contribution in [0.25, 0.3) is 0 Å². The topological polar surface area (TPSA) is 42.0 Å². The van der Waals surface area contributed by atoms with Crippen molar-refractivity contribution in [1.82, 2.24) is 10.3 Å². The standard InChI is InChI=1S/C14H20N2OS/c1-5-12(6-2)8-7-9-15-14(17)13-10(3)16-11(4)18-13/h5,7-8H,6,9H2,1-4H3,(H,15,17). The molecule has 18 heavy (non-hydrogen) atoms. The van der Waals surface area contributed by atoms with Gasteiger partial charge < -0.3 is 5.32 Å². The molecular formula is C14H20N2OS. The number of carbonyl (C=O) groups is 1. The van der Waals surface area contributed by atoms with Gasteiger partial charge in [-0.25, -0.2) is 4.98 Å². The van der Waals surface area contributed by atoms with Crippen LogP contribution in [0.5, 0.6) is 0 Å². The summed E-state index contributed by atoms with van der Waals surface area (Å²) < 4.78 is 0. The third kappa shape index (κ3) is 4.11. The van der Waals surface area contributed by atoms with Crippen LogP contribution in [0.2, 0.25) is 0 Å². The number of aromatic nitrogens is 1. The first-order valence-electron chi connectivity index (χ1n) is 6.12. The third-order valence-electron chi connectivity index (χ3n) is 2.60. The van der Waals surface area contributed by atoms with E-state index in [1.807, 2.05) is 32.9 Å². The predicted octanol–water partition coefficient (Wildman–Crippen LogP) is 3.40. The SMILES string of the molecule is CC=C(C=CCNC(=O)c1sc(C)nc1C)CC. The highest BCUT2D eigenvalue weighted by Gasteiger charge is 2.12. The van der Waals surface area contributed by atoms with Gasteiger partial charge in [0.15, 0.2) is 0 Å². The molecule has 1 N–H and O–H groups in total. The number of hydrogen-bond acceptors (Lipinski definition) is 3. The van der Waals surface area contributed by atoms with E-state index >= 15 is 0 Å². The van der Waals surface area contributed by atoms with Crippen LogP contribution in [0.1, 0.15) is 40.6 Å². The van der Waals surface area contributed by atoms with Crippen molar-refractivity contribution in [3.05, 3.63) is 39.4 Å². The van der Waals surface area contributed by atoms with Gasteiger partial charge in [-0.15, -0.1) is 11.3 Å². The van der Waals surface area contributed by atoms with E-state index in [1.54, 1.807) is 0 Å². The number of thiazole rings is 1. The molecule has 0 radical (unpaired) electrons. The van der Waals surface area contributed by atoms with Gasteiger partial charge in [0.25, 0.3) is 5.91 Å². The molecule has 1 rings (SSSR count). The Bertz CT molecular complexity index is 472. The zero-order chi connectivity index (χ0) is 13.5. The fraction of sp³-hybridized carbons (Fsp3) is 0.429. The number of nitrogens with one attached hydrogen (secondary N) is 1. The second kappa shape index (κ2) is 7.11. The zero-order valence-corrected chi connectivity index (χ0v) is 12.2. The molecule has 98 valence electrons. The van der Waals surface area contributed by atoms with E-state index in [-0.39, 0.29) is 5.91 Å². The van der Waals surface area contributed by atoms with Crippen LogP contribution in [-0.4, -0.2) is 17.4 Å². The first-order chi connectivity index (χ1) is 8.58. The Morgan fingerprint density at radius 2 is 2.17 bits per heavy atom. The van der Waals surface area contributed by atoms with E-state index < -0.39 is 0 Å². The van der Waals surface area contributed by atoms with Gasteiger partial charge >= 0.3 is 0 Å². The van der Waals surface area contributed by atoms with Crippen LogP contribution in [0.4, 0.5) is 0 Å². The summed E-state index contributed by atoms with van der Waals surface area (Å²) in [7, 11) is 0. The highest BCUT2D eigenvalue weighted by atomic mass is 32.1. The Morgan fingerprint density at radius 3 is 2.67 bits per heavy atom. The normalized spacial score (nSPS) is 12.1. The van der Waals surface area contributed by atoms with Crippen molar-refractivity contribution in [3.63, 3.8) is 0 Å². The number of allylic oxidation sites excluding steroid dienone is 3. The van der Waals surface area contributed by atoms with Crippen molar-refractivity contribution in [3.8, 4) is 0 Å². The maximum Gasteiger partial charge on any atom is 0.263 e. The molecule has 1 aromatic heterocycles. The number of hydrogen-bond donors (Lipinski definition) is 1. The Kier molecular flexibility index (Phi) is 5.78. The van der Waals surface area contributed by atoms with Crippen molar-refractivity contribution in [2.45, 2.75) is 34.1 Å². The zero-order valence-electron chi connectivity index (χ0n) is 11.4. The summed E-state index contributed by atoms with van der Waals surface area (Å²) in [4.78, 5) is 16.8. The van der Waals surface area contributed by atoms with Crippen molar-refractivity contribution >= 4 is 17.2 Å². The van der Waals surface area contributed by atoms with E-state index in [0.717, 1.165) is 17.1 Å². The molecule has 1 amide bonds. The van der Waals surface area contributed by atoms with Gasteiger partial charge in [0.2, 0.25) is 0 Å². The lowest BCUT2D eigenvalue weighted by atomic mass is 10.2. The van der Waals surface area contributed by atoms with Crippen molar-refractivity contribution < 1.29 is 4.79 Å². The van der Waals surface area contributed by atoms with E-state index in [4.69, 9.17) is 0 Å². The summed E-state index contributed by atoms with van der Waals surface area (Å²) >= 11 is 1.44. The van der Waals surface area contributed by atoms with Crippen molar-refractivity contribution in [2.75, 3.05) is 6.54 Å². The maximum atomic E-state index is 11.9. The number of amides is 1. The van der Waals surface area contributed by atoms with Gasteiger partial charge in [-0.1, -0.05) is 30.7 Å². The summed E-state index contributed by atoms with van der Waals surface area (Å²) in [6.45, 7) is 8.46. The fourth-order valence-electron chi connectivity index (χ4n) is 1.60. The molecule has 0 unspecified atom stereocenters. The summed E-state index contributed by atoms with van der Waals surface area (Å²) in [6.07, 6.45) is 7.11. The summed E-state index contributed by atoms with van der Waals surface area (Å²) in [5.74, 6) is -0.0405. The molecule has 1 heterocycles. The van der Waals surface area contributed by atoms with Crippen LogP contribution in [0.15, 0.2) is 23.8 Å². The summed E-state index contributed by atoms with van der Waals surface area (Å²) in [6, 6.07) is 0. The Hall–Kier alpha value is -1.42. The molecule has 0 aliphatic carbocycles. The lowest BCUT2D eigenvalue weighted by Crippen LogP contribution is -2.23. The minimum Gasteiger partial charge on any atom is -0.348 e. The largest absolute Gasteiger partial charge is 0.348 e. The minimum atomic E-state index is -0.0405. The molecule has 0 aliphatic rings. The van der Waals surface area contributed by atoms with Gasteiger partial charge in [0.05, 0.1) is 10.7 Å². The minimum absolute atomic E-state index is 0.0405. The summed E-state index contributed by atoms with van der Waals surface area (Å²) in [5, 5.41) is 3.80. The number of carbonyl (C=O) groups excluding carboxylic acids is 1. The molecule has 0 aromatic carbocycles. The Labute approximate surface area is 113 Å². The second-order valence-corrected chi connectivity index (χ2v) is 5.18. The van der Waals surface area contributed by atoms with E-state index in [0.29, 0.717) is 11.4 Å². The van der Waals surface area contributed by atoms with Crippen LogP contribution >= 0.6 is 11.3 Å². The van der Waals surface area contributed by atoms with Gasteiger partial charge in [0, 0.05) is 6.54 Å². The van der Waals surface area contributed by atoms with Crippen LogP contribution in [0, 0.1) is 13.8 Å². The maximum absolute atomic E-state index is 11.9. The first-order valence-corrected chi connectivity index (χ1v) is 6.94. The second-order valence-electron chi connectivity index (χ2n) is 3.98. The average molecular weight is 264 g/mol. The highest BCUT2D eigenvalue weighted by molar-refractivity contribution is 7.13. The molecule has 0 bridgehead atoms. The van der Waals surface area contributed by atoms with Crippen LogP contribution in [-0.2, 0) is 0 Å². The number of nitrogens with zero attached hydrogens (tertiary/aromatic N) is 1. The van der Waals surface area contributed by atoms with Gasteiger partial charge in [-0.05, 0) is 27.2 Å². The summed E-state index contributed by atoms with van der Waals surface area (Å²) in [5.41, 5.74) is 2.08. The molecule has 0 spiro atoms. The van der Waals surface area contributed by atoms with Crippen LogP contribution < -0.4 is 5.32 Å². The molecule has 0 aliphatic heterocycles. The smallest absolute Gasteiger partial charge is 0.263 e. The fourth-order valence-corrected chi connectivity index (χ4v) is 2.44. The average Bonchev–Trinajstić information content (AvgIpc) is 2.68. The first kappa shape index (κ1) is 14.6. The Balaban J connectivity index is 2.50. The number of aryl methyl sites for hydroxylation is 2. The van der Waals surface area contributed by atoms with Gasteiger partial charge in [-0.3, -0.25) is 4.79 Å². The van der Waals surface area contributed by atoms with Gasteiger partial charge in [-0.2, -0.15) is 0 Å². The molecule has 0 saturated heterocycles. The third-order valence-corrected chi connectivity index (χ3v) is 3.67. The molecule has 4 heteroatoms.